The lowest BCUT2D eigenvalue weighted by molar-refractivity contribution is 0.0588. The van der Waals surface area contributed by atoms with Gasteiger partial charge in [0.15, 0.2) is 0 Å². The molecule has 13 heavy (non-hydrogen) atoms. The third-order valence-electron chi connectivity index (χ3n) is 2.98. The van der Waals surface area contributed by atoms with Crippen molar-refractivity contribution in [1.82, 2.24) is 5.32 Å². The molecule has 0 aromatic heterocycles. The minimum Gasteiger partial charge on any atom is -0.380 e. The van der Waals surface area contributed by atoms with Crippen LogP contribution in [0.4, 0.5) is 0 Å². The Balaban J connectivity index is 2.30. The zero-order valence-electron chi connectivity index (χ0n) is 9.18. The van der Waals surface area contributed by atoms with E-state index in [1.807, 2.05) is 7.11 Å². The molecule has 0 saturated heterocycles. The van der Waals surface area contributed by atoms with Crippen molar-refractivity contribution in [3.63, 3.8) is 0 Å². The SMILES string of the molecule is CCCC(OC)C(CC1CC1)NC. The Morgan fingerprint density at radius 1 is 1.46 bits per heavy atom. The highest BCUT2D eigenvalue weighted by Crippen LogP contribution is 2.34. The summed E-state index contributed by atoms with van der Waals surface area (Å²) in [6.07, 6.45) is 6.96. The molecule has 0 aromatic carbocycles. The van der Waals surface area contributed by atoms with Crippen LogP contribution in [0.5, 0.6) is 0 Å². The number of nitrogens with one attached hydrogen (secondary N) is 1. The van der Waals surface area contributed by atoms with Crippen LogP contribution in [0.25, 0.3) is 0 Å². The fraction of sp³-hybridized carbons (Fsp3) is 1.00. The molecule has 0 radical (unpaired) electrons. The maximum absolute atomic E-state index is 5.51. The molecule has 2 unspecified atom stereocenters. The topological polar surface area (TPSA) is 21.3 Å². The van der Waals surface area contributed by atoms with Gasteiger partial charge in [0.2, 0.25) is 0 Å². The van der Waals surface area contributed by atoms with Crippen LogP contribution in [0, 0.1) is 5.92 Å². The zero-order chi connectivity index (χ0) is 9.68. The molecule has 1 saturated carbocycles. The summed E-state index contributed by atoms with van der Waals surface area (Å²) < 4.78 is 5.51. The molecule has 2 atom stereocenters. The Morgan fingerprint density at radius 3 is 2.54 bits per heavy atom. The van der Waals surface area contributed by atoms with E-state index >= 15 is 0 Å². The fourth-order valence-electron chi connectivity index (χ4n) is 1.94. The molecule has 0 aromatic rings. The average Bonchev–Trinajstić information content (AvgIpc) is 2.94. The molecule has 1 N–H and O–H groups in total. The van der Waals surface area contributed by atoms with E-state index < -0.39 is 0 Å². The van der Waals surface area contributed by atoms with Gasteiger partial charge in [0.05, 0.1) is 6.10 Å². The van der Waals surface area contributed by atoms with Gasteiger partial charge in [-0.1, -0.05) is 26.2 Å². The Bertz CT molecular complexity index is 134. The Morgan fingerprint density at radius 2 is 2.15 bits per heavy atom. The molecule has 2 heteroatoms. The lowest BCUT2D eigenvalue weighted by Crippen LogP contribution is -2.39. The van der Waals surface area contributed by atoms with E-state index in [4.69, 9.17) is 4.74 Å². The van der Waals surface area contributed by atoms with Crippen LogP contribution < -0.4 is 5.32 Å². The maximum Gasteiger partial charge on any atom is 0.0724 e. The van der Waals surface area contributed by atoms with Gasteiger partial charge in [0.25, 0.3) is 0 Å². The van der Waals surface area contributed by atoms with Crippen molar-refractivity contribution >= 4 is 0 Å². The summed E-state index contributed by atoms with van der Waals surface area (Å²) in [5.41, 5.74) is 0. The smallest absolute Gasteiger partial charge is 0.0724 e. The molecule has 0 spiro atoms. The molecule has 0 aliphatic heterocycles. The van der Waals surface area contributed by atoms with Gasteiger partial charge in [-0.05, 0) is 25.8 Å². The van der Waals surface area contributed by atoms with Crippen LogP contribution in [-0.2, 0) is 4.74 Å². The number of rotatable bonds is 7. The van der Waals surface area contributed by atoms with Crippen molar-refractivity contribution in [3.8, 4) is 0 Å². The number of ether oxygens (including phenoxy) is 1. The summed E-state index contributed by atoms with van der Waals surface area (Å²) in [4.78, 5) is 0. The van der Waals surface area contributed by atoms with E-state index in [-0.39, 0.29) is 0 Å². The van der Waals surface area contributed by atoms with Crippen LogP contribution in [0.3, 0.4) is 0 Å². The first kappa shape index (κ1) is 11.0. The second-order valence-corrected chi connectivity index (χ2v) is 4.14. The van der Waals surface area contributed by atoms with Crippen LogP contribution in [0.2, 0.25) is 0 Å². The average molecular weight is 185 g/mol. The standard InChI is InChI=1S/C11H23NO/c1-4-5-11(13-3)10(12-2)8-9-6-7-9/h9-12H,4-8H2,1-3H3. The van der Waals surface area contributed by atoms with Gasteiger partial charge in [0, 0.05) is 13.2 Å². The normalized spacial score (nSPS) is 21.5. The van der Waals surface area contributed by atoms with E-state index in [1.165, 1.54) is 32.1 Å². The van der Waals surface area contributed by atoms with E-state index in [2.05, 4.69) is 19.3 Å². The van der Waals surface area contributed by atoms with Gasteiger partial charge < -0.3 is 10.1 Å². The largest absolute Gasteiger partial charge is 0.380 e. The Hall–Kier alpha value is -0.0800. The number of methoxy groups -OCH3 is 1. The van der Waals surface area contributed by atoms with Crippen LogP contribution >= 0.6 is 0 Å². The molecular weight excluding hydrogens is 162 g/mol. The Labute approximate surface area is 82.0 Å². The first-order chi connectivity index (χ1) is 6.31. The van der Waals surface area contributed by atoms with Crippen LogP contribution in [-0.4, -0.2) is 26.3 Å². The summed E-state index contributed by atoms with van der Waals surface area (Å²) in [5.74, 6) is 0.979. The van der Waals surface area contributed by atoms with E-state index in [9.17, 15) is 0 Å². The van der Waals surface area contributed by atoms with Crippen molar-refractivity contribution in [2.75, 3.05) is 14.2 Å². The van der Waals surface area contributed by atoms with Crippen molar-refractivity contribution in [3.05, 3.63) is 0 Å². The molecule has 2 nitrogen and oxygen atoms in total. The van der Waals surface area contributed by atoms with Gasteiger partial charge in [-0.25, -0.2) is 0 Å². The first-order valence-electron chi connectivity index (χ1n) is 5.51. The van der Waals surface area contributed by atoms with Crippen molar-refractivity contribution < 1.29 is 4.74 Å². The van der Waals surface area contributed by atoms with Crippen LogP contribution in [0.1, 0.15) is 39.0 Å². The molecule has 0 amide bonds. The molecule has 0 bridgehead atoms. The van der Waals surface area contributed by atoms with Gasteiger partial charge >= 0.3 is 0 Å². The molecule has 1 aliphatic carbocycles. The predicted octanol–water partition coefficient (Wildman–Crippen LogP) is 2.19. The lowest BCUT2D eigenvalue weighted by atomic mass is 10.0. The second-order valence-electron chi connectivity index (χ2n) is 4.14. The monoisotopic (exact) mass is 185 g/mol. The third-order valence-corrected chi connectivity index (χ3v) is 2.98. The molecule has 1 rings (SSSR count). The highest BCUT2D eigenvalue weighted by atomic mass is 16.5. The lowest BCUT2D eigenvalue weighted by Gasteiger charge is -2.25. The van der Waals surface area contributed by atoms with Crippen molar-refractivity contribution in [2.45, 2.75) is 51.2 Å². The molecular formula is C11H23NO. The van der Waals surface area contributed by atoms with E-state index in [0.717, 1.165) is 5.92 Å². The summed E-state index contributed by atoms with van der Waals surface area (Å²) in [7, 11) is 3.88. The zero-order valence-corrected chi connectivity index (χ0v) is 9.18. The second kappa shape index (κ2) is 5.61. The van der Waals surface area contributed by atoms with E-state index in [1.54, 1.807) is 0 Å². The first-order valence-corrected chi connectivity index (χ1v) is 5.51. The number of hydrogen-bond donors (Lipinski definition) is 1. The summed E-state index contributed by atoms with van der Waals surface area (Å²) in [5, 5.41) is 3.38. The summed E-state index contributed by atoms with van der Waals surface area (Å²) >= 11 is 0. The summed E-state index contributed by atoms with van der Waals surface area (Å²) in [6, 6.07) is 0.567. The third kappa shape index (κ3) is 3.65. The minimum absolute atomic E-state index is 0.413. The maximum atomic E-state index is 5.51. The fourth-order valence-corrected chi connectivity index (χ4v) is 1.94. The minimum atomic E-state index is 0.413. The van der Waals surface area contributed by atoms with Crippen LogP contribution in [0.15, 0.2) is 0 Å². The predicted molar refractivity (Wildman–Crippen MR) is 55.9 cm³/mol. The number of likely N-dealkylation sites (N-methyl/N-ethyl adjacent to an activating group) is 1. The Kier molecular flexibility index (Phi) is 4.74. The van der Waals surface area contributed by atoms with Gasteiger partial charge in [0.1, 0.15) is 0 Å². The van der Waals surface area contributed by atoms with Gasteiger partial charge in [-0.3, -0.25) is 0 Å². The molecule has 78 valence electrons. The van der Waals surface area contributed by atoms with Crippen molar-refractivity contribution in [2.24, 2.45) is 5.92 Å². The highest BCUT2D eigenvalue weighted by molar-refractivity contribution is 4.84. The van der Waals surface area contributed by atoms with E-state index in [0.29, 0.717) is 12.1 Å². The molecule has 1 aliphatic rings. The number of hydrogen-bond acceptors (Lipinski definition) is 2. The quantitative estimate of drug-likeness (QED) is 0.656. The molecule has 1 fully saturated rings. The van der Waals surface area contributed by atoms with Crippen molar-refractivity contribution in [1.29, 1.82) is 0 Å². The summed E-state index contributed by atoms with van der Waals surface area (Å²) in [6.45, 7) is 2.22. The van der Waals surface area contributed by atoms with Gasteiger partial charge in [-0.2, -0.15) is 0 Å². The highest BCUT2D eigenvalue weighted by Gasteiger charge is 2.28. The molecule has 0 heterocycles. The van der Waals surface area contributed by atoms with Gasteiger partial charge in [-0.15, -0.1) is 0 Å².